The molecule has 0 radical (unpaired) electrons. The first-order chi connectivity index (χ1) is 9.74. The molecule has 0 aliphatic carbocycles. The van der Waals surface area contributed by atoms with Gasteiger partial charge in [-0.1, -0.05) is 0 Å². The second-order valence-electron chi connectivity index (χ2n) is 5.25. The zero-order chi connectivity index (χ0) is 14.2. The number of hydrogen-bond acceptors (Lipinski definition) is 3. The number of aryl methyl sites for hydroxylation is 1. The number of thiophene rings is 1. The van der Waals surface area contributed by atoms with E-state index in [4.69, 9.17) is 4.74 Å². The molecule has 1 saturated heterocycles. The minimum absolute atomic E-state index is 0.0828. The number of carbonyl (C=O) groups is 1. The van der Waals surface area contributed by atoms with Crippen LogP contribution in [-0.2, 0) is 11.3 Å². The van der Waals surface area contributed by atoms with E-state index in [0.717, 1.165) is 26.0 Å². The van der Waals surface area contributed by atoms with E-state index in [-0.39, 0.29) is 6.03 Å². The third kappa shape index (κ3) is 5.51. The van der Waals surface area contributed by atoms with Crippen LogP contribution in [0.1, 0.15) is 41.9 Å². The standard InChI is InChI=1S/C15H24N2O2S/c1-12-7-8-14(20-12)11-17-15(18)16-9-4-6-13-5-2-3-10-19-13/h7-8,13H,2-6,9-11H2,1H3,(H2,16,17,18). The van der Waals surface area contributed by atoms with Gasteiger partial charge in [0, 0.05) is 22.9 Å². The summed E-state index contributed by atoms with van der Waals surface area (Å²) in [6, 6.07) is 4.05. The molecule has 0 aromatic carbocycles. The van der Waals surface area contributed by atoms with E-state index in [9.17, 15) is 4.79 Å². The Morgan fingerprint density at radius 1 is 1.40 bits per heavy atom. The fourth-order valence-corrected chi connectivity index (χ4v) is 3.21. The molecule has 0 saturated carbocycles. The molecule has 0 bridgehead atoms. The van der Waals surface area contributed by atoms with Gasteiger partial charge >= 0.3 is 6.03 Å². The maximum absolute atomic E-state index is 11.6. The van der Waals surface area contributed by atoms with Crippen molar-refractivity contribution in [1.82, 2.24) is 10.6 Å². The summed E-state index contributed by atoms with van der Waals surface area (Å²) in [6.07, 6.45) is 6.07. The summed E-state index contributed by atoms with van der Waals surface area (Å²) in [4.78, 5) is 14.1. The van der Waals surface area contributed by atoms with Crippen LogP contribution in [-0.4, -0.2) is 25.3 Å². The molecule has 1 aromatic rings. The number of urea groups is 1. The van der Waals surface area contributed by atoms with Crippen molar-refractivity contribution in [3.63, 3.8) is 0 Å². The highest BCUT2D eigenvalue weighted by molar-refractivity contribution is 7.11. The second kappa shape index (κ2) is 8.27. The molecule has 1 unspecified atom stereocenters. The van der Waals surface area contributed by atoms with E-state index in [1.165, 1.54) is 29.0 Å². The Kier molecular flexibility index (Phi) is 6.33. The van der Waals surface area contributed by atoms with Gasteiger partial charge in [-0.05, 0) is 51.2 Å². The van der Waals surface area contributed by atoms with Gasteiger partial charge in [-0.2, -0.15) is 0 Å². The fourth-order valence-electron chi connectivity index (χ4n) is 2.38. The van der Waals surface area contributed by atoms with E-state index in [1.807, 2.05) is 0 Å². The lowest BCUT2D eigenvalue weighted by molar-refractivity contribution is 0.0103. The highest BCUT2D eigenvalue weighted by Gasteiger charge is 2.13. The Bertz CT molecular complexity index is 414. The largest absolute Gasteiger partial charge is 0.378 e. The summed E-state index contributed by atoms with van der Waals surface area (Å²) in [7, 11) is 0. The van der Waals surface area contributed by atoms with Crippen molar-refractivity contribution in [3.05, 3.63) is 21.9 Å². The van der Waals surface area contributed by atoms with E-state index in [1.54, 1.807) is 11.3 Å². The van der Waals surface area contributed by atoms with E-state index >= 15 is 0 Å². The predicted octanol–water partition coefficient (Wildman–Crippen LogP) is 3.21. The Hall–Kier alpha value is -1.07. The van der Waals surface area contributed by atoms with Crippen LogP contribution in [0.15, 0.2) is 12.1 Å². The van der Waals surface area contributed by atoms with Gasteiger partial charge in [-0.25, -0.2) is 4.79 Å². The van der Waals surface area contributed by atoms with Crippen LogP contribution in [0.4, 0.5) is 4.79 Å². The van der Waals surface area contributed by atoms with Crippen LogP contribution in [0.3, 0.4) is 0 Å². The van der Waals surface area contributed by atoms with Crippen molar-refractivity contribution in [2.45, 2.75) is 51.7 Å². The minimum Gasteiger partial charge on any atom is -0.378 e. The maximum Gasteiger partial charge on any atom is 0.315 e. The van der Waals surface area contributed by atoms with Crippen molar-refractivity contribution in [1.29, 1.82) is 0 Å². The van der Waals surface area contributed by atoms with Gasteiger partial charge in [0.2, 0.25) is 0 Å². The van der Waals surface area contributed by atoms with Gasteiger partial charge in [-0.3, -0.25) is 0 Å². The van der Waals surface area contributed by atoms with Crippen LogP contribution in [0.5, 0.6) is 0 Å². The highest BCUT2D eigenvalue weighted by Crippen LogP contribution is 2.16. The third-order valence-corrected chi connectivity index (χ3v) is 4.48. The highest BCUT2D eigenvalue weighted by atomic mass is 32.1. The molecule has 5 heteroatoms. The monoisotopic (exact) mass is 296 g/mol. The van der Waals surface area contributed by atoms with Crippen molar-refractivity contribution in [2.75, 3.05) is 13.2 Å². The quantitative estimate of drug-likeness (QED) is 0.792. The fraction of sp³-hybridized carbons (Fsp3) is 0.667. The molecule has 2 N–H and O–H groups in total. The summed E-state index contributed by atoms with van der Waals surface area (Å²) >= 11 is 1.72. The topological polar surface area (TPSA) is 50.4 Å². The number of nitrogens with one attached hydrogen (secondary N) is 2. The van der Waals surface area contributed by atoms with Crippen molar-refractivity contribution < 1.29 is 9.53 Å². The molecule has 2 heterocycles. The first-order valence-corrected chi connectivity index (χ1v) is 8.24. The van der Waals surface area contributed by atoms with E-state index < -0.39 is 0 Å². The predicted molar refractivity (Wildman–Crippen MR) is 82.1 cm³/mol. The summed E-state index contributed by atoms with van der Waals surface area (Å²) in [5.74, 6) is 0. The van der Waals surface area contributed by atoms with Crippen LogP contribution in [0.25, 0.3) is 0 Å². The third-order valence-electron chi connectivity index (χ3n) is 3.48. The molecule has 1 aliphatic heterocycles. The molecular formula is C15H24N2O2S. The van der Waals surface area contributed by atoms with E-state index in [2.05, 4.69) is 29.7 Å². The lowest BCUT2D eigenvalue weighted by Gasteiger charge is -2.22. The van der Waals surface area contributed by atoms with Gasteiger partial charge in [0.25, 0.3) is 0 Å². The van der Waals surface area contributed by atoms with Crippen molar-refractivity contribution >= 4 is 17.4 Å². The van der Waals surface area contributed by atoms with Crippen molar-refractivity contribution in [2.24, 2.45) is 0 Å². The molecule has 1 aromatic heterocycles. The summed E-state index contributed by atoms with van der Waals surface area (Å²) in [5, 5.41) is 5.78. The zero-order valence-corrected chi connectivity index (χ0v) is 12.9. The van der Waals surface area contributed by atoms with Gasteiger partial charge < -0.3 is 15.4 Å². The SMILES string of the molecule is Cc1ccc(CNC(=O)NCCCC2CCCCO2)s1. The molecule has 0 spiro atoms. The number of rotatable bonds is 6. The number of hydrogen-bond donors (Lipinski definition) is 2. The first kappa shape index (κ1) is 15.3. The lowest BCUT2D eigenvalue weighted by Crippen LogP contribution is -2.35. The van der Waals surface area contributed by atoms with Gasteiger partial charge in [0.1, 0.15) is 0 Å². The smallest absolute Gasteiger partial charge is 0.315 e. The first-order valence-electron chi connectivity index (χ1n) is 7.42. The second-order valence-corrected chi connectivity index (χ2v) is 6.63. The minimum atomic E-state index is -0.0828. The molecule has 2 amide bonds. The zero-order valence-electron chi connectivity index (χ0n) is 12.1. The number of carbonyl (C=O) groups excluding carboxylic acids is 1. The molecular weight excluding hydrogens is 272 g/mol. The maximum atomic E-state index is 11.6. The van der Waals surface area contributed by atoms with Crippen LogP contribution >= 0.6 is 11.3 Å². The molecule has 1 atom stereocenters. The van der Waals surface area contributed by atoms with Crippen LogP contribution in [0, 0.1) is 6.92 Å². The average Bonchev–Trinajstić information content (AvgIpc) is 2.88. The molecule has 20 heavy (non-hydrogen) atoms. The summed E-state index contributed by atoms with van der Waals surface area (Å²) in [6.45, 7) is 4.30. The lowest BCUT2D eigenvalue weighted by atomic mass is 10.0. The van der Waals surface area contributed by atoms with E-state index in [0.29, 0.717) is 12.6 Å². The Balaban J connectivity index is 1.51. The van der Waals surface area contributed by atoms with Crippen LogP contribution in [0.2, 0.25) is 0 Å². The summed E-state index contributed by atoms with van der Waals surface area (Å²) in [5.41, 5.74) is 0. The number of amides is 2. The molecule has 1 aliphatic rings. The molecule has 112 valence electrons. The van der Waals surface area contributed by atoms with Crippen molar-refractivity contribution in [3.8, 4) is 0 Å². The van der Waals surface area contributed by atoms with Crippen LogP contribution < -0.4 is 10.6 Å². The number of ether oxygens (including phenoxy) is 1. The Labute approximate surface area is 124 Å². The molecule has 1 fully saturated rings. The summed E-state index contributed by atoms with van der Waals surface area (Å²) < 4.78 is 5.67. The Morgan fingerprint density at radius 3 is 3.00 bits per heavy atom. The molecule has 4 nitrogen and oxygen atoms in total. The Morgan fingerprint density at radius 2 is 2.30 bits per heavy atom. The van der Waals surface area contributed by atoms with Gasteiger partial charge in [0.05, 0.1) is 12.6 Å². The van der Waals surface area contributed by atoms with Gasteiger partial charge in [-0.15, -0.1) is 11.3 Å². The molecule has 2 rings (SSSR count). The normalized spacial score (nSPS) is 18.8. The average molecular weight is 296 g/mol. The van der Waals surface area contributed by atoms with Gasteiger partial charge in [0.15, 0.2) is 0 Å².